The van der Waals surface area contributed by atoms with Crippen LogP contribution in [0.5, 0.6) is 0 Å². The average molecular weight is 306 g/mol. The summed E-state index contributed by atoms with van der Waals surface area (Å²) in [6, 6.07) is 6.39. The number of carbonyl (C=O) groups is 1. The first-order valence-electron chi connectivity index (χ1n) is 5.97. The highest BCUT2D eigenvalue weighted by Crippen LogP contribution is 2.16. The van der Waals surface area contributed by atoms with E-state index in [1.54, 1.807) is 30.2 Å². The normalized spacial score (nSPS) is 11.1. The topological polar surface area (TPSA) is 85.2 Å². The predicted molar refractivity (Wildman–Crippen MR) is 77.6 cm³/mol. The minimum Gasteiger partial charge on any atom is -0.268 e. The fraction of sp³-hybridized carbons (Fsp3) is 0.154. The molecule has 110 valence electrons. The van der Waals surface area contributed by atoms with Crippen LogP contribution in [0.2, 0.25) is 0 Å². The van der Waals surface area contributed by atoms with Crippen LogP contribution >= 0.6 is 0 Å². The van der Waals surface area contributed by atoms with Crippen LogP contribution in [0.4, 0.5) is 0 Å². The number of rotatable bonds is 4. The summed E-state index contributed by atoms with van der Waals surface area (Å²) in [5, 5.41) is 4.88. The summed E-state index contributed by atoms with van der Waals surface area (Å²) in [5.74, 6) is -0.0982. The van der Waals surface area contributed by atoms with Crippen LogP contribution in [-0.2, 0) is 17.1 Å². The van der Waals surface area contributed by atoms with E-state index in [0.717, 1.165) is 11.0 Å². The quantitative estimate of drug-likeness (QED) is 0.842. The van der Waals surface area contributed by atoms with Gasteiger partial charge in [0, 0.05) is 30.6 Å². The summed E-state index contributed by atoms with van der Waals surface area (Å²) in [6.07, 6.45) is 1.57. The Balaban J connectivity index is 2.27. The number of aryl methyl sites for hydroxylation is 1. The van der Waals surface area contributed by atoms with E-state index in [0.29, 0.717) is 10.1 Å². The maximum Gasteiger partial charge on any atom is 0.267 e. The third kappa shape index (κ3) is 3.00. The molecule has 0 fully saturated rings. The molecule has 0 unspecified atom stereocenters. The zero-order valence-corrected chi connectivity index (χ0v) is 12.4. The van der Waals surface area contributed by atoms with Gasteiger partial charge in [0.05, 0.1) is 0 Å². The Labute approximate surface area is 122 Å². The molecule has 1 aromatic carbocycles. The fourth-order valence-electron chi connectivity index (χ4n) is 1.64. The van der Waals surface area contributed by atoms with E-state index in [1.807, 2.05) is 0 Å². The Bertz CT molecular complexity index is 778. The lowest BCUT2D eigenvalue weighted by atomic mass is 10.1. The first-order chi connectivity index (χ1) is 9.85. The Kier molecular flexibility index (Phi) is 3.90. The summed E-state index contributed by atoms with van der Waals surface area (Å²) in [5.41, 5.74) is 0.990. The van der Waals surface area contributed by atoms with Crippen LogP contribution in [0.3, 0.4) is 0 Å². The van der Waals surface area contributed by atoms with Crippen molar-refractivity contribution >= 4 is 15.9 Å². The van der Waals surface area contributed by atoms with Crippen LogP contribution in [0.15, 0.2) is 42.6 Å². The predicted octanol–water partition coefficient (Wildman–Crippen LogP) is 1.03. The molecule has 1 heterocycles. The molecule has 0 N–H and O–H groups in total. The Morgan fingerprint density at radius 2 is 1.95 bits per heavy atom. The number of hydrogen-bond acceptors (Lipinski definition) is 5. The molecule has 0 aliphatic rings. The number of hydrogen-bond donors (Lipinski definition) is 0. The SMILES string of the molecule is C=CS(=O)(=O)N(C)C(=O)c1ccc(-c2ncn(C)n2)cc1. The largest absolute Gasteiger partial charge is 0.268 e. The van der Waals surface area contributed by atoms with Crippen molar-refractivity contribution in [1.82, 2.24) is 19.1 Å². The van der Waals surface area contributed by atoms with Crippen molar-refractivity contribution in [3.63, 3.8) is 0 Å². The van der Waals surface area contributed by atoms with Crippen molar-refractivity contribution < 1.29 is 13.2 Å². The van der Waals surface area contributed by atoms with E-state index in [9.17, 15) is 13.2 Å². The average Bonchev–Trinajstić information content (AvgIpc) is 2.92. The molecule has 2 aromatic rings. The third-order valence-electron chi connectivity index (χ3n) is 2.87. The van der Waals surface area contributed by atoms with Gasteiger partial charge in [-0.2, -0.15) is 5.10 Å². The molecule has 7 nitrogen and oxygen atoms in total. The third-order valence-corrected chi connectivity index (χ3v) is 4.22. The molecule has 0 aliphatic heterocycles. The molecule has 0 saturated heterocycles. The number of benzene rings is 1. The van der Waals surface area contributed by atoms with Crippen molar-refractivity contribution in [1.29, 1.82) is 0 Å². The molecule has 0 atom stereocenters. The standard InChI is InChI=1S/C13H14N4O3S/c1-4-21(19,20)17(3)13(18)11-7-5-10(6-8-11)12-14-9-16(2)15-12/h4-9H,1H2,2-3H3. The lowest BCUT2D eigenvalue weighted by Crippen LogP contribution is -2.31. The van der Waals surface area contributed by atoms with Gasteiger partial charge in [0.1, 0.15) is 6.33 Å². The first-order valence-corrected chi connectivity index (χ1v) is 7.47. The zero-order chi connectivity index (χ0) is 15.6. The number of amides is 1. The van der Waals surface area contributed by atoms with Crippen molar-refractivity contribution in [2.75, 3.05) is 7.05 Å². The minimum atomic E-state index is -3.78. The fourth-order valence-corrected chi connectivity index (χ4v) is 2.20. The summed E-state index contributed by atoms with van der Waals surface area (Å²) in [6.45, 7) is 3.18. The van der Waals surface area contributed by atoms with E-state index in [1.165, 1.54) is 19.2 Å². The summed E-state index contributed by atoms with van der Waals surface area (Å²) < 4.78 is 25.4. The van der Waals surface area contributed by atoms with E-state index in [4.69, 9.17) is 0 Å². The lowest BCUT2D eigenvalue weighted by molar-refractivity contribution is 0.0884. The molecule has 21 heavy (non-hydrogen) atoms. The Morgan fingerprint density at radius 1 is 1.33 bits per heavy atom. The second-order valence-electron chi connectivity index (χ2n) is 4.30. The zero-order valence-electron chi connectivity index (χ0n) is 11.6. The highest BCUT2D eigenvalue weighted by molar-refractivity contribution is 7.92. The highest BCUT2D eigenvalue weighted by Gasteiger charge is 2.21. The van der Waals surface area contributed by atoms with Crippen LogP contribution < -0.4 is 0 Å². The molecule has 0 spiro atoms. The van der Waals surface area contributed by atoms with Gasteiger partial charge >= 0.3 is 0 Å². The summed E-state index contributed by atoms with van der Waals surface area (Å²) in [4.78, 5) is 16.2. The van der Waals surface area contributed by atoms with Gasteiger partial charge in [-0.05, 0) is 12.1 Å². The number of sulfonamides is 1. The van der Waals surface area contributed by atoms with Crippen molar-refractivity contribution in [2.24, 2.45) is 7.05 Å². The van der Waals surface area contributed by atoms with Gasteiger partial charge in [0.15, 0.2) is 5.82 Å². The van der Waals surface area contributed by atoms with Gasteiger partial charge < -0.3 is 0 Å². The van der Waals surface area contributed by atoms with Crippen molar-refractivity contribution in [3.05, 3.63) is 48.1 Å². The first kappa shape index (κ1) is 14.9. The van der Waals surface area contributed by atoms with Crippen LogP contribution in [0, 0.1) is 0 Å². The van der Waals surface area contributed by atoms with E-state index < -0.39 is 15.9 Å². The molecule has 2 rings (SSSR count). The van der Waals surface area contributed by atoms with Gasteiger partial charge in [-0.3, -0.25) is 9.48 Å². The second kappa shape index (κ2) is 5.49. The van der Waals surface area contributed by atoms with Gasteiger partial charge in [-0.1, -0.05) is 18.7 Å². The van der Waals surface area contributed by atoms with Gasteiger partial charge in [-0.25, -0.2) is 17.7 Å². The molecule has 0 saturated carbocycles. The van der Waals surface area contributed by atoms with Gasteiger partial charge in [0.25, 0.3) is 15.9 Å². The van der Waals surface area contributed by atoms with Crippen LogP contribution in [0.1, 0.15) is 10.4 Å². The maximum atomic E-state index is 12.1. The maximum absolute atomic E-state index is 12.1. The number of nitrogens with zero attached hydrogens (tertiary/aromatic N) is 4. The molecule has 0 aliphatic carbocycles. The monoisotopic (exact) mass is 306 g/mol. The minimum absolute atomic E-state index is 0.252. The molecular formula is C13H14N4O3S. The van der Waals surface area contributed by atoms with Crippen LogP contribution in [0.25, 0.3) is 11.4 Å². The van der Waals surface area contributed by atoms with Gasteiger partial charge in [-0.15, -0.1) is 0 Å². The Hall–Kier alpha value is -2.48. The number of aromatic nitrogens is 3. The summed E-state index contributed by atoms with van der Waals surface area (Å²) >= 11 is 0. The molecule has 1 aromatic heterocycles. The lowest BCUT2D eigenvalue weighted by Gasteiger charge is -2.14. The molecule has 0 radical (unpaired) electrons. The molecule has 8 heteroatoms. The Morgan fingerprint density at radius 3 is 2.43 bits per heavy atom. The smallest absolute Gasteiger partial charge is 0.267 e. The van der Waals surface area contributed by atoms with E-state index in [-0.39, 0.29) is 5.56 Å². The van der Waals surface area contributed by atoms with E-state index >= 15 is 0 Å². The van der Waals surface area contributed by atoms with Crippen molar-refractivity contribution in [3.8, 4) is 11.4 Å². The molecular weight excluding hydrogens is 292 g/mol. The number of carbonyl (C=O) groups excluding carboxylic acids is 1. The second-order valence-corrected chi connectivity index (χ2v) is 6.21. The van der Waals surface area contributed by atoms with Gasteiger partial charge in [0.2, 0.25) is 0 Å². The summed E-state index contributed by atoms with van der Waals surface area (Å²) in [7, 11) is -0.843. The molecule has 1 amide bonds. The molecule has 0 bridgehead atoms. The highest BCUT2D eigenvalue weighted by atomic mass is 32.2. The van der Waals surface area contributed by atoms with E-state index in [2.05, 4.69) is 16.7 Å². The van der Waals surface area contributed by atoms with Crippen LogP contribution in [-0.4, -0.2) is 40.4 Å². The van der Waals surface area contributed by atoms with Crippen molar-refractivity contribution in [2.45, 2.75) is 0 Å².